The maximum absolute atomic E-state index is 12.0. The average molecular weight is 227 g/mol. The SMILES string of the molecule is CC(NC1CC1)c1cccc(OC(F)F)c1. The van der Waals surface area contributed by atoms with Crippen LogP contribution >= 0.6 is 0 Å². The second-order valence-electron chi connectivity index (χ2n) is 4.11. The van der Waals surface area contributed by atoms with Gasteiger partial charge in [0.1, 0.15) is 5.75 Å². The van der Waals surface area contributed by atoms with Crippen molar-refractivity contribution in [2.75, 3.05) is 0 Å². The topological polar surface area (TPSA) is 21.3 Å². The Hall–Kier alpha value is -1.16. The van der Waals surface area contributed by atoms with Crippen molar-refractivity contribution in [1.82, 2.24) is 5.32 Å². The fourth-order valence-corrected chi connectivity index (χ4v) is 1.66. The fourth-order valence-electron chi connectivity index (χ4n) is 1.66. The Kier molecular flexibility index (Phi) is 3.39. The van der Waals surface area contributed by atoms with E-state index in [1.165, 1.54) is 12.8 Å². The van der Waals surface area contributed by atoms with Crippen molar-refractivity contribution in [1.29, 1.82) is 0 Å². The maximum Gasteiger partial charge on any atom is 0.387 e. The number of hydrogen-bond donors (Lipinski definition) is 1. The first kappa shape index (κ1) is 11.3. The van der Waals surface area contributed by atoms with E-state index >= 15 is 0 Å². The molecule has 0 saturated heterocycles. The molecule has 2 nitrogen and oxygen atoms in total. The van der Waals surface area contributed by atoms with Crippen LogP contribution in [0.15, 0.2) is 24.3 Å². The van der Waals surface area contributed by atoms with Crippen molar-refractivity contribution >= 4 is 0 Å². The average Bonchev–Trinajstić information content (AvgIpc) is 3.01. The van der Waals surface area contributed by atoms with Crippen LogP contribution in [0.2, 0.25) is 0 Å². The van der Waals surface area contributed by atoms with Gasteiger partial charge in [-0.3, -0.25) is 0 Å². The predicted octanol–water partition coefficient (Wildman–Crippen LogP) is 3.10. The maximum atomic E-state index is 12.0. The summed E-state index contributed by atoms with van der Waals surface area (Å²) in [6.07, 6.45) is 2.41. The minimum atomic E-state index is -2.76. The number of benzene rings is 1. The Morgan fingerprint density at radius 1 is 1.38 bits per heavy atom. The van der Waals surface area contributed by atoms with Crippen LogP contribution in [-0.2, 0) is 0 Å². The van der Waals surface area contributed by atoms with Crippen LogP contribution in [0.25, 0.3) is 0 Å². The van der Waals surface area contributed by atoms with Crippen molar-refractivity contribution < 1.29 is 13.5 Å². The number of rotatable bonds is 5. The molecule has 1 aliphatic carbocycles. The number of ether oxygens (including phenoxy) is 1. The smallest absolute Gasteiger partial charge is 0.387 e. The van der Waals surface area contributed by atoms with Gasteiger partial charge in [-0.15, -0.1) is 0 Å². The van der Waals surface area contributed by atoms with Gasteiger partial charge in [0.2, 0.25) is 0 Å². The molecule has 1 aromatic carbocycles. The summed E-state index contributed by atoms with van der Waals surface area (Å²) < 4.78 is 28.4. The quantitative estimate of drug-likeness (QED) is 0.834. The largest absolute Gasteiger partial charge is 0.435 e. The minimum Gasteiger partial charge on any atom is -0.435 e. The summed E-state index contributed by atoms with van der Waals surface area (Å²) in [5.74, 6) is 0.219. The monoisotopic (exact) mass is 227 g/mol. The van der Waals surface area contributed by atoms with E-state index in [1.807, 2.05) is 13.0 Å². The molecule has 2 rings (SSSR count). The van der Waals surface area contributed by atoms with E-state index in [-0.39, 0.29) is 11.8 Å². The van der Waals surface area contributed by atoms with Gasteiger partial charge in [0.25, 0.3) is 0 Å². The van der Waals surface area contributed by atoms with E-state index in [0.29, 0.717) is 6.04 Å². The molecule has 88 valence electrons. The van der Waals surface area contributed by atoms with Crippen LogP contribution in [0.1, 0.15) is 31.4 Å². The van der Waals surface area contributed by atoms with Gasteiger partial charge in [0, 0.05) is 12.1 Å². The highest BCUT2D eigenvalue weighted by Crippen LogP contribution is 2.26. The zero-order chi connectivity index (χ0) is 11.5. The first-order chi connectivity index (χ1) is 7.65. The van der Waals surface area contributed by atoms with E-state index in [1.54, 1.807) is 18.2 Å². The molecule has 0 spiro atoms. The number of hydrogen-bond acceptors (Lipinski definition) is 2. The van der Waals surface area contributed by atoms with Crippen LogP contribution in [0.5, 0.6) is 5.75 Å². The molecule has 4 heteroatoms. The Balaban J connectivity index is 2.01. The van der Waals surface area contributed by atoms with Gasteiger partial charge in [-0.05, 0) is 37.5 Å². The summed E-state index contributed by atoms with van der Waals surface area (Å²) >= 11 is 0. The normalized spacial score (nSPS) is 17.5. The highest BCUT2D eigenvalue weighted by molar-refractivity contribution is 5.30. The third-order valence-electron chi connectivity index (χ3n) is 2.65. The molecule has 1 saturated carbocycles. The lowest BCUT2D eigenvalue weighted by molar-refractivity contribution is -0.0499. The fraction of sp³-hybridized carbons (Fsp3) is 0.500. The van der Waals surface area contributed by atoms with E-state index in [4.69, 9.17) is 0 Å². The van der Waals surface area contributed by atoms with Gasteiger partial charge < -0.3 is 10.1 Å². The van der Waals surface area contributed by atoms with Crippen LogP contribution in [0, 0.1) is 0 Å². The molecule has 0 radical (unpaired) electrons. The molecule has 1 atom stereocenters. The lowest BCUT2D eigenvalue weighted by atomic mass is 10.1. The molecule has 0 bridgehead atoms. The lowest BCUT2D eigenvalue weighted by Crippen LogP contribution is -2.20. The molecule has 1 aromatic rings. The predicted molar refractivity (Wildman–Crippen MR) is 57.6 cm³/mol. The van der Waals surface area contributed by atoms with E-state index in [2.05, 4.69) is 10.1 Å². The number of alkyl halides is 2. The summed E-state index contributed by atoms with van der Waals surface area (Å²) in [4.78, 5) is 0. The molecule has 0 aliphatic heterocycles. The summed E-state index contributed by atoms with van der Waals surface area (Å²) in [5.41, 5.74) is 0.977. The Labute approximate surface area is 93.6 Å². The van der Waals surface area contributed by atoms with Crippen molar-refractivity contribution in [3.05, 3.63) is 29.8 Å². The molecule has 1 fully saturated rings. The van der Waals surface area contributed by atoms with Crippen LogP contribution in [0.3, 0.4) is 0 Å². The molecule has 16 heavy (non-hydrogen) atoms. The van der Waals surface area contributed by atoms with E-state index < -0.39 is 6.61 Å². The second-order valence-corrected chi connectivity index (χ2v) is 4.11. The van der Waals surface area contributed by atoms with Gasteiger partial charge in [0.05, 0.1) is 0 Å². The minimum absolute atomic E-state index is 0.175. The van der Waals surface area contributed by atoms with Gasteiger partial charge in [-0.25, -0.2) is 0 Å². The van der Waals surface area contributed by atoms with Crippen LogP contribution in [0.4, 0.5) is 8.78 Å². The number of nitrogens with one attached hydrogen (secondary N) is 1. The van der Waals surface area contributed by atoms with E-state index in [9.17, 15) is 8.78 Å². The molecule has 1 unspecified atom stereocenters. The first-order valence-electron chi connectivity index (χ1n) is 5.46. The Bertz CT molecular complexity index is 353. The third-order valence-corrected chi connectivity index (χ3v) is 2.65. The molecular weight excluding hydrogens is 212 g/mol. The lowest BCUT2D eigenvalue weighted by Gasteiger charge is -2.14. The summed E-state index contributed by atoms with van der Waals surface area (Å²) in [6.45, 7) is -0.734. The molecule has 0 aromatic heterocycles. The van der Waals surface area contributed by atoms with Crippen LogP contribution < -0.4 is 10.1 Å². The standard InChI is InChI=1S/C12H15F2NO/c1-8(15-10-5-6-10)9-3-2-4-11(7-9)16-12(13)14/h2-4,7-8,10,12,15H,5-6H2,1H3. The zero-order valence-corrected chi connectivity index (χ0v) is 9.12. The summed E-state index contributed by atoms with van der Waals surface area (Å²) in [5, 5.41) is 3.41. The molecular formula is C12H15F2NO. The van der Waals surface area contributed by atoms with Crippen molar-refractivity contribution in [3.63, 3.8) is 0 Å². The number of halogens is 2. The summed E-state index contributed by atoms with van der Waals surface area (Å²) in [6, 6.07) is 7.62. The first-order valence-corrected chi connectivity index (χ1v) is 5.46. The highest BCUT2D eigenvalue weighted by atomic mass is 19.3. The van der Waals surface area contributed by atoms with Gasteiger partial charge in [0.15, 0.2) is 0 Å². The van der Waals surface area contributed by atoms with Crippen LogP contribution in [-0.4, -0.2) is 12.7 Å². The molecule has 1 N–H and O–H groups in total. The third kappa shape index (κ3) is 3.17. The van der Waals surface area contributed by atoms with Gasteiger partial charge in [-0.1, -0.05) is 12.1 Å². The molecule has 1 aliphatic rings. The van der Waals surface area contributed by atoms with Crippen molar-refractivity contribution in [3.8, 4) is 5.75 Å². The Morgan fingerprint density at radius 2 is 2.12 bits per heavy atom. The molecule has 0 amide bonds. The van der Waals surface area contributed by atoms with E-state index in [0.717, 1.165) is 5.56 Å². The van der Waals surface area contributed by atoms with Gasteiger partial charge >= 0.3 is 6.61 Å². The highest BCUT2D eigenvalue weighted by Gasteiger charge is 2.23. The van der Waals surface area contributed by atoms with Crippen molar-refractivity contribution in [2.24, 2.45) is 0 Å². The van der Waals surface area contributed by atoms with Crippen molar-refractivity contribution in [2.45, 2.75) is 38.5 Å². The Morgan fingerprint density at radius 3 is 2.75 bits per heavy atom. The molecule has 0 heterocycles. The zero-order valence-electron chi connectivity index (χ0n) is 9.12. The summed E-state index contributed by atoms with van der Waals surface area (Å²) in [7, 11) is 0. The van der Waals surface area contributed by atoms with Gasteiger partial charge in [-0.2, -0.15) is 8.78 Å². The second kappa shape index (κ2) is 4.78.